The number of nitrogens with one attached hydrogen (secondary N) is 1. The Hall–Kier alpha value is -0.200. The normalized spacial score (nSPS) is 24.1. The Bertz CT molecular complexity index is 240. The predicted octanol–water partition coefficient (Wildman–Crippen LogP) is 1.59. The fourth-order valence-corrected chi connectivity index (χ4v) is 2.81. The third kappa shape index (κ3) is 8.73. The molecule has 21 heavy (non-hydrogen) atoms. The van der Waals surface area contributed by atoms with Gasteiger partial charge in [0.25, 0.3) is 0 Å². The van der Waals surface area contributed by atoms with E-state index in [9.17, 15) is 5.11 Å². The summed E-state index contributed by atoms with van der Waals surface area (Å²) in [5.41, 5.74) is 0. The molecule has 0 saturated heterocycles. The molecule has 0 aromatic rings. The highest BCUT2D eigenvalue weighted by molar-refractivity contribution is 4.75. The number of hydrogen-bond donors (Lipinski definition) is 2. The first-order valence-electron chi connectivity index (χ1n) is 8.35. The van der Waals surface area contributed by atoms with Gasteiger partial charge in [-0.1, -0.05) is 26.2 Å². The van der Waals surface area contributed by atoms with Crippen LogP contribution in [0.1, 0.15) is 39.0 Å². The van der Waals surface area contributed by atoms with Crippen LogP contribution >= 0.6 is 0 Å². The van der Waals surface area contributed by atoms with E-state index < -0.39 is 6.10 Å². The lowest BCUT2D eigenvalue weighted by Gasteiger charge is -2.31. The van der Waals surface area contributed by atoms with Crippen molar-refractivity contribution in [3.63, 3.8) is 0 Å². The van der Waals surface area contributed by atoms with Crippen molar-refractivity contribution in [3.05, 3.63) is 0 Å². The molecule has 1 aliphatic rings. The lowest BCUT2D eigenvalue weighted by atomic mass is 9.85. The van der Waals surface area contributed by atoms with Gasteiger partial charge in [-0.3, -0.25) is 0 Å². The summed E-state index contributed by atoms with van der Waals surface area (Å²) in [6.07, 6.45) is 6.08. The van der Waals surface area contributed by atoms with E-state index in [1.807, 2.05) is 0 Å². The molecule has 2 N–H and O–H groups in total. The maximum absolute atomic E-state index is 9.93. The molecule has 1 saturated carbocycles. The smallest absolute Gasteiger partial charge is 0.0897 e. The average molecular weight is 303 g/mol. The summed E-state index contributed by atoms with van der Waals surface area (Å²) >= 11 is 0. The second kappa shape index (κ2) is 12.4. The molecule has 5 nitrogen and oxygen atoms in total. The monoisotopic (exact) mass is 303 g/mol. The molecular formula is C16H33NO4. The van der Waals surface area contributed by atoms with E-state index in [2.05, 4.69) is 12.2 Å². The summed E-state index contributed by atoms with van der Waals surface area (Å²) in [7, 11) is 1.66. The minimum atomic E-state index is -0.441. The molecule has 3 unspecified atom stereocenters. The Morgan fingerprint density at radius 1 is 1.19 bits per heavy atom. The van der Waals surface area contributed by atoms with Crippen LogP contribution in [-0.4, -0.2) is 63.9 Å². The Morgan fingerprint density at radius 2 is 2.00 bits per heavy atom. The molecule has 0 radical (unpaired) electrons. The lowest BCUT2D eigenvalue weighted by Crippen LogP contribution is -2.36. The quantitative estimate of drug-likeness (QED) is 0.536. The van der Waals surface area contributed by atoms with E-state index in [4.69, 9.17) is 14.2 Å². The van der Waals surface area contributed by atoms with E-state index in [1.54, 1.807) is 7.11 Å². The number of aliphatic hydroxyl groups is 1. The van der Waals surface area contributed by atoms with Gasteiger partial charge < -0.3 is 24.6 Å². The first kappa shape index (κ1) is 18.8. The van der Waals surface area contributed by atoms with Crippen molar-refractivity contribution in [1.29, 1.82) is 0 Å². The van der Waals surface area contributed by atoms with E-state index in [1.165, 1.54) is 25.7 Å². The van der Waals surface area contributed by atoms with Crippen LogP contribution in [0.25, 0.3) is 0 Å². The van der Waals surface area contributed by atoms with Crippen molar-refractivity contribution < 1.29 is 19.3 Å². The van der Waals surface area contributed by atoms with Crippen LogP contribution in [0.5, 0.6) is 0 Å². The highest BCUT2D eigenvalue weighted by Crippen LogP contribution is 2.29. The molecule has 1 fully saturated rings. The molecule has 1 rings (SSSR count). The zero-order valence-corrected chi connectivity index (χ0v) is 13.7. The number of ether oxygens (including phenoxy) is 3. The van der Waals surface area contributed by atoms with Gasteiger partial charge in [0.05, 0.1) is 38.6 Å². The highest BCUT2D eigenvalue weighted by atomic mass is 16.5. The van der Waals surface area contributed by atoms with Gasteiger partial charge in [0.1, 0.15) is 0 Å². The second-order valence-corrected chi connectivity index (χ2v) is 5.79. The van der Waals surface area contributed by atoms with Gasteiger partial charge in [-0.05, 0) is 18.8 Å². The Morgan fingerprint density at radius 3 is 2.76 bits per heavy atom. The van der Waals surface area contributed by atoms with Crippen molar-refractivity contribution in [1.82, 2.24) is 5.32 Å². The third-order valence-corrected chi connectivity index (χ3v) is 4.10. The van der Waals surface area contributed by atoms with E-state index in [0.29, 0.717) is 45.0 Å². The first-order valence-corrected chi connectivity index (χ1v) is 8.35. The second-order valence-electron chi connectivity index (χ2n) is 5.79. The molecule has 0 amide bonds. The van der Waals surface area contributed by atoms with Crippen molar-refractivity contribution in [3.8, 4) is 0 Å². The summed E-state index contributed by atoms with van der Waals surface area (Å²) in [6.45, 7) is 5.82. The third-order valence-electron chi connectivity index (χ3n) is 4.10. The first-order chi connectivity index (χ1) is 10.3. The summed E-state index contributed by atoms with van der Waals surface area (Å²) < 4.78 is 16.2. The van der Waals surface area contributed by atoms with Crippen molar-refractivity contribution in [2.45, 2.75) is 51.2 Å². The summed E-state index contributed by atoms with van der Waals surface area (Å²) in [5.74, 6) is 0.674. The number of methoxy groups -OCH3 is 1. The van der Waals surface area contributed by atoms with E-state index in [-0.39, 0.29) is 0 Å². The maximum atomic E-state index is 9.93. The molecule has 0 spiro atoms. The van der Waals surface area contributed by atoms with Crippen LogP contribution in [0, 0.1) is 5.92 Å². The van der Waals surface area contributed by atoms with E-state index >= 15 is 0 Å². The molecular weight excluding hydrogens is 270 g/mol. The molecule has 0 aromatic heterocycles. The van der Waals surface area contributed by atoms with Gasteiger partial charge in [-0.25, -0.2) is 0 Å². The van der Waals surface area contributed by atoms with Gasteiger partial charge in [0.15, 0.2) is 0 Å². The Labute approximate surface area is 129 Å². The Balaban J connectivity index is 1.99. The molecule has 0 bridgehead atoms. The fourth-order valence-electron chi connectivity index (χ4n) is 2.81. The molecule has 0 aliphatic heterocycles. The molecule has 5 heteroatoms. The standard InChI is InChI=1S/C16H33NO4/c1-3-14-6-4-5-7-16(14)21-13-15(18)12-17-8-9-20-11-10-19-2/h14-18H,3-13H2,1-2H3. The van der Waals surface area contributed by atoms with Crippen LogP contribution in [0.4, 0.5) is 0 Å². The summed E-state index contributed by atoms with van der Waals surface area (Å²) in [4.78, 5) is 0. The van der Waals surface area contributed by atoms with Gasteiger partial charge in [0.2, 0.25) is 0 Å². The van der Waals surface area contributed by atoms with Gasteiger partial charge in [0, 0.05) is 20.2 Å². The van der Waals surface area contributed by atoms with Crippen LogP contribution in [0.15, 0.2) is 0 Å². The summed E-state index contributed by atoms with van der Waals surface area (Å²) in [5, 5.41) is 13.1. The highest BCUT2D eigenvalue weighted by Gasteiger charge is 2.24. The maximum Gasteiger partial charge on any atom is 0.0897 e. The van der Waals surface area contributed by atoms with Gasteiger partial charge in [-0.2, -0.15) is 0 Å². The minimum absolute atomic E-state index is 0.343. The molecule has 0 heterocycles. The van der Waals surface area contributed by atoms with Crippen molar-refractivity contribution in [2.75, 3.05) is 46.6 Å². The van der Waals surface area contributed by atoms with E-state index in [0.717, 1.165) is 13.0 Å². The fraction of sp³-hybridized carbons (Fsp3) is 1.00. The molecule has 0 aromatic carbocycles. The lowest BCUT2D eigenvalue weighted by molar-refractivity contribution is -0.0501. The topological polar surface area (TPSA) is 60.0 Å². The van der Waals surface area contributed by atoms with Crippen molar-refractivity contribution >= 4 is 0 Å². The zero-order valence-electron chi connectivity index (χ0n) is 13.7. The molecule has 126 valence electrons. The number of hydrogen-bond acceptors (Lipinski definition) is 5. The summed E-state index contributed by atoms with van der Waals surface area (Å²) in [6, 6.07) is 0. The van der Waals surface area contributed by atoms with Crippen LogP contribution in [-0.2, 0) is 14.2 Å². The zero-order chi connectivity index (χ0) is 15.3. The SMILES string of the molecule is CCC1CCCCC1OCC(O)CNCCOCCOC. The van der Waals surface area contributed by atoms with Crippen LogP contribution in [0.2, 0.25) is 0 Å². The predicted molar refractivity (Wildman–Crippen MR) is 83.6 cm³/mol. The minimum Gasteiger partial charge on any atom is -0.389 e. The largest absolute Gasteiger partial charge is 0.389 e. The number of rotatable bonds is 12. The van der Waals surface area contributed by atoms with Crippen molar-refractivity contribution in [2.24, 2.45) is 5.92 Å². The average Bonchev–Trinajstić information content (AvgIpc) is 2.52. The van der Waals surface area contributed by atoms with Crippen LogP contribution < -0.4 is 5.32 Å². The molecule has 1 aliphatic carbocycles. The van der Waals surface area contributed by atoms with Crippen LogP contribution in [0.3, 0.4) is 0 Å². The Kier molecular flexibility index (Phi) is 11.1. The van der Waals surface area contributed by atoms with Gasteiger partial charge >= 0.3 is 0 Å². The van der Waals surface area contributed by atoms with Gasteiger partial charge in [-0.15, -0.1) is 0 Å². The number of aliphatic hydroxyl groups excluding tert-OH is 1. The molecule has 3 atom stereocenters.